The predicted molar refractivity (Wildman–Crippen MR) is 131 cm³/mol. The average Bonchev–Trinajstić information content (AvgIpc) is 2.79. The number of hydrogen-bond acceptors (Lipinski definition) is 5. The largest absolute Gasteiger partial charge is 0.497 e. The zero-order valence-corrected chi connectivity index (χ0v) is 20.0. The Balaban J connectivity index is 1.69. The summed E-state index contributed by atoms with van der Waals surface area (Å²) in [6.45, 7) is 0. The van der Waals surface area contributed by atoms with E-state index in [0.717, 1.165) is 0 Å². The number of carbonyl (C=O) groups is 1. The molecule has 0 saturated heterocycles. The standard InChI is InChI=1S/C23H20Cl2N2O5S/c1-31-18-8-11-21(22(14-18)32-2)27-33(29,30)19-9-6-17(7-10-19)26-23(28)12-4-15-3-5-16(24)13-20(15)25/h3-14,27H,1-2H3,(H,26,28)/b12-4+. The number of halogens is 2. The highest BCUT2D eigenvalue weighted by atomic mass is 35.5. The molecule has 3 aromatic carbocycles. The van der Waals surface area contributed by atoms with Crippen molar-refractivity contribution in [3.05, 3.63) is 82.3 Å². The van der Waals surface area contributed by atoms with Crippen molar-refractivity contribution in [3.63, 3.8) is 0 Å². The van der Waals surface area contributed by atoms with Gasteiger partial charge in [-0.15, -0.1) is 0 Å². The van der Waals surface area contributed by atoms with E-state index < -0.39 is 15.9 Å². The Morgan fingerprint density at radius 2 is 1.67 bits per heavy atom. The molecule has 33 heavy (non-hydrogen) atoms. The number of anilines is 2. The summed E-state index contributed by atoms with van der Waals surface area (Å²) in [6.07, 6.45) is 2.87. The van der Waals surface area contributed by atoms with Gasteiger partial charge in [-0.2, -0.15) is 0 Å². The van der Waals surface area contributed by atoms with Crippen LogP contribution in [0.3, 0.4) is 0 Å². The second-order valence-corrected chi connectivity index (χ2v) is 9.21. The van der Waals surface area contributed by atoms with E-state index in [-0.39, 0.29) is 10.6 Å². The SMILES string of the molecule is COc1ccc(NS(=O)(=O)c2ccc(NC(=O)/C=C/c3ccc(Cl)cc3Cl)cc2)c(OC)c1. The first-order chi connectivity index (χ1) is 15.7. The molecule has 0 spiro atoms. The van der Waals surface area contributed by atoms with Gasteiger partial charge in [0.05, 0.1) is 24.8 Å². The highest BCUT2D eigenvalue weighted by Gasteiger charge is 2.17. The minimum atomic E-state index is -3.89. The topological polar surface area (TPSA) is 93.7 Å². The summed E-state index contributed by atoms with van der Waals surface area (Å²) in [6, 6.07) is 15.4. The van der Waals surface area contributed by atoms with Gasteiger partial charge in [0, 0.05) is 27.9 Å². The van der Waals surface area contributed by atoms with Crippen LogP contribution in [0.1, 0.15) is 5.56 Å². The van der Waals surface area contributed by atoms with Crippen LogP contribution >= 0.6 is 23.2 Å². The molecular weight excluding hydrogens is 487 g/mol. The third kappa shape index (κ3) is 6.41. The lowest BCUT2D eigenvalue weighted by atomic mass is 10.2. The fourth-order valence-electron chi connectivity index (χ4n) is 2.79. The number of rotatable bonds is 8. The predicted octanol–water partition coefficient (Wildman–Crippen LogP) is 5.46. The minimum absolute atomic E-state index is 0.0156. The monoisotopic (exact) mass is 506 g/mol. The molecule has 0 bridgehead atoms. The maximum Gasteiger partial charge on any atom is 0.262 e. The summed E-state index contributed by atoms with van der Waals surface area (Å²) in [5, 5.41) is 3.57. The quantitative estimate of drug-likeness (QED) is 0.395. The minimum Gasteiger partial charge on any atom is -0.497 e. The first-order valence-corrected chi connectivity index (χ1v) is 11.7. The molecule has 0 aliphatic rings. The van der Waals surface area contributed by atoms with Crippen molar-refractivity contribution >= 4 is 56.6 Å². The number of carbonyl (C=O) groups excluding carboxylic acids is 1. The van der Waals surface area contributed by atoms with Crippen LogP contribution in [0.25, 0.3) is 6.08 Å². The third-order valence-electron chi connectivity index (χ3n) is 4.46. The van der Waals surface area contributed by atoms with Gasteiger partial charge in [0.15, 0.2) is 0 Å². The van der Waals surface area contributed by atoms with Crippen molar-refractivity contribution in [3.8, 4) is 11.5 Å². The fourth-order valence-corrected chi connectivity index (χ4v) is 4.33. The Kier molecular flexibility index (Phi) is 7.86. The third-order valence-corrected chi connectivity index (χ3v) is 6.41. The van der Waals surface area contributed by atoms with E-state index in [9.17, 15) is 13.2 Å². The van der Waals surface area contributed by atoms with Crippen LogP contribution < -0.4 is 19.5 Å². The molecule has 172 valence electrons. The van der Waals surface area contributed by atoms with Crippen LogP contribution in [0.5, 0.6) is 11.5 Å². The number of amides is 1. The fraction of sp³-hybridized carbons (Fsp3) is 0.0870. The Morgan fingerprint density at radius 1 is 0.939 bits per heavy atom. The van der Waals surface area contributed by atoms with E-state index in [2.05, 4.69) is 10.0 Å². The zero-order chi connectivity index (χ0) is 24.0. The highest BCUT2D eigenvalue weighted by molar-refractivity contribution is 7.92. The van der Waals surface area contributed by atoms with E-state index in [1.165, 1.54) is 44.6 Å². The van der Waals surface area contributed by atoms with Gasteiger partial charge in [-0.25, -0.2) is 8.42 Å². The smallest absolute Gasteiger partial charge is 0.262 e. The summed E-state index contributed by atoms with van der Waals surface area (Å²) in [7, 11) is -0.957. The Labute approximate surface area is 202 Å². The lowest BCUT2D eigenvalue weighted by Gasteiger charge is -2.13. The first-order valence-electron chi connectivity index (χ1n) is 9.51. The first kappa shape index (κ1) is 24.4. The summed E-state index contributed by atoms with van der Waals surface area (Å²) in [4.78, 5) is 12.2. The molecule has 0 radical (unpaired) electrons. The Bertz CT molecular complexity index is 1290. The van der Waals surface area contributed by atoms with E-state index in [4.69, 9.17) is 32.7 Å². The molecule has 0 heterocycles. The van der Waals surface area contributed by atoms with Gasteiger partial charge in [-0.1, -0.05) is 29.3 Å². The average molecular weight is 507 g/mol. The molecule has 10 heteroatoms. The summed E-state index contributed by atoms with van der Waals surface area (Å²) in [5.74, 6) is 0.439. The van der Waals surface area contributed by atoms with Gasteiger partial charge >= 0.3 is 0 Å². The van der Waals surface area contributed by atoms with Crippen molar-refractivity contribution in [1.82, 2.24) is 0 Å². The Morgan fingerprint density at radius 3 is 2.30 bits per heavy atom. The van der Waals surface area contributed by atoms with E-state index >= 15 is 0 Å². The molecule has 2 N–H and O–H groups in total. The lowest BCUT2D eigenvalue weighted by Crippen LogP contribution is -2.14. The zero-order valence-electron chi connectivity index (χ0n) is 17.6. The number of benzene rings is 3. The van der Waals surface area contributed by atoms with E-state index in [1.807, 2.05) is 0 Å². The molecule has 0 aliphatic heterocycles. The molecular formula is C23H20Cl2N2O5S. The maximum atomic E-state index is 12.8. The van der Waals surface area contributed by atoms with Crippen molar-refractivity contribution in [1.29, 1.82) is 0 Å². The lowest BCUT2D eigenvalue weighted by molar-refractivity contribution is -0.111. The van der Waals surface area contributed by atoms with Gasteiger partial charge in [0.1, 0.15) is 11.5 Å². The molecule has 7 nitrogen and oxygen atoms in total. The number of methoxy groups -OCH3 is 2. The van der Waals surface area contributed by atoms with Crippen molar-refractivity contribution in [2.24, 2.45) is 0 Å². The summed E-state index contributed by atoms with van der Waals surface area (Å²) in [5.41, 5.74) is 1.33. The number of ether oxygens (including phenoxy) is 2. The Hall–Kier alpha value is -3.20. The highest BCUT2D eigenvalue weighted by Crippen LogP contribution is 2.31. The number of hydrogen-bond donors (Lipinski definition) is 2. The summed E-state index contributed by atoms with van der Waals surface area (Å²) < 4.78 is 38.3. The number of sulfonamides is 1. The molecule has 0 unspecified atom stereocenters. The van der Waals surface area contributed by atoms with Crippen LogP contribution in [0.15, 0.2) is 71.6 Å². The van der Waals surface area contributed by atoms with E-state index in [1.54, 1.807) is 42.5 Å². The molecule has 0 fully saturated rings. The maximum absolute atomic E-state index is 12.8. The molecule has 0 aliphatic carbocycles. The van der Waals surface area contributed by atoms with Crippen LogP contribution in [-0.2, 0) is 14.8 Å². The van der Waals surface area contributed by atoms with Crippen LogP contribution in [0.4, 0.5) is 11.4 Å². The van der Waals surface area contributed by atoms with Crippen molar-refractivity contribution < 1.29 is 22.7 Å². The van der Waals surface area contributed by atoms with Crippen molar-refractivity contribution in [2.45, 2.75) is 4.90 Å². The van der Waals surface area contributed by atoms with Gasteiger partial charge in [-0.3, -0.25) is 9.52 Å². The second kappa shape index (κ2) is 10.6. The second-order valence-electron chi connectivity index (χ2n) is 6.68. The van der Waals surface area contributed by atoms with Gasteiger partial charge in [-0.05, 0) is 60.2 Å². The van der Waals surface area contributed by atoms with Crippen molar-refractivity contribution in [2.75, 3.05) is 24.3 Å². The van der Waals surface area contributed by atoms with E-state index in [0.29, 0.717) is 32.8 Å². The molecule has 0 atom stereocenters. The molecule has 0 saturated carbocycles. The van der Waals surface area contributed by atoms with Crippen LogP contribution in [0, 0.1) is 0 Å². The van der Waals surface area contributed by atoms with Crippen LogP contribution in [0.2, 0.25) is 10.0 Å². The normalized spacial score (nSPS) is 11.3. The van der Waals surface area contributed by atoms with Crippen LogP contribution in [-0.4, -0.2) is 28.5 Å². The van der Waals surface area contributed by atoms with Gasteiger partial charge in [0.25, 0.3) is 10.0 Å². The molecule has 1 amide bonds. The molecule has 0 aromatic heterocycles. The van der Waals surface area contributed by atoms with Gasteiger partial charge < -0.3 is 14.8 Å². The molecule has 3 rings (SSSR count). The number of nitrogens with one attached hydrogen (secondary N) is 2. The molecule has 3 aromatic rings. The van der Waals surface area contributed by atoms with Gasteiger partial charge in [0.2, 0.25) is 5.91 Å². The summed E-state index contributed by atoms with van der Waals surface area (Å²) >= 11 is 11.9.